The zero-order valence-electron chi connectivity index (χ0n) is 10.9. The fraction of sp³-hybridized carbons (Fsp3) is 0.200. The normalized spacial score (nSPS) is 12.2. The van der Waals surface area contributed by atoms with E-state index in [1.807, 2.05) is 30.3 Å². The van der Waals surface area contributed by atoms with Crippen LogP contribution in [0.2, 0.25) is 10.0 Å². The molecule has 0 spiro atoms. The van der Waals surface area contributed by atoms with Gasteiger partial charge in [-0.05, 0) is 41.8 Å². The molecule has 0 amide bonds. The largest absolute Gasteiger partial charge is 0.497 e. The zero-order valence-corrected chi connectivity index (χ0v) is 14.0. The van der Waals surface area contributed by atoms with Gasteiger partial charge in [0.15, 0.2) is 0 Å². The highest BCUT2D eigenvalue weighted by Gasteiger charge is 2.12. The van der Waals surface area contributed by atoms with Crippen LogP contribution in [0.3, 0.4) is 0 Å². The van der Waals surface area contributed by atoms with Crippen molar-refractivity contribution in [3.63, 3.8) is 0 Å². The number of nitrogens with two attached hydrogens (primary N) is 1. The van der Waals surface area contributed by atoms with E-state index in [4.69, 9.17) is 33.7 Å². The molecule has 2 nitrogen and oxygen atoms in total. The first-order chi connectivity index (χ1) is 9.51. The Morgan fingerprint density at radius 2 is 1.90 bits per heavy atom. The highest BCUT2D eigenvalue weighted by atomic mass is 79.9. The van der Waals surface area contributed by atoms with E-state index < -0.39 is 0 Å². The number of benzene rings is 2. The Balaban J connectivity index is 2.19. The van der Waals surface area contributed by atoms with E-state index in [1.165, 1.54) is 0 Å². The molecule has 2 aromatic rings. The van der Waals surface area contributed by atoms with Crippen LogP contribution in [0.25, 0.3) is 0 Å². The van der Waals surface area contributed by atoms with Crippen molar-refractivity contribution in [2.75, 3.05) is 7.11 Å². The third kappa shape index (κ3) is 3.67. The van der Waals surface area contributed by atoms with E-state index in [0.29, 0.717) is 16.5 Å². The lowest BCUT2D eigenvalue weighted by Crippen LogP contribution is -2.14. The second-order valence-electron chi connectivity index (χ2n) is 4.45. The van der Waals surface area contributed by atoms with E-state index in [2.05, 4.69) is 15.9 Å². The maximum atomic E-state index is 6.26. The first-order valence-corrected chi connectivity index (χ1v) is 7.59. The summed E-state index contributed by atoms with van der Waals surface area (Å²) in [6, 6.07) is 11.2. The molecule has 20 heavy (non-hydrogen) atoms. The molecule has 0 aliphatic heterocycles. The fourth-order valence-electron chi connectivity index (χ4n) is 1.97. The smallest absolute Gasteiger partial charge is 0.120 e. The molecule has 0 radical (unpaired) electrons. The quantitative estimate of drug-likeness (QED) is 0.816. The number of hydrogen-bond donors (Lipinski definition) is 1. The minimum atomic E-state index is -0.132. The van der Waals surface area contributed by atoms with Crippen molar-refractivity contribution >= 4 is 39.1 Å². The Kier molecular flexibility index (Phi) is 5.33. The van der Waals surface area contributed by atoms with Gasteiger partial charge >= 0.3 is 0 Å². The van der Waals surface area contributed by atoms with Gasteiger partial charge < -0.3 is 10.5 Å². The van der Waals surface area contributed by atoms with Crippen molar-refractivity contribution in [2.45, 2.75) is 12.5 Å². The predicted molar refractivity (Wildman–Crippen MR) is 87.8 cm³/mol. The molecular weight excluding hydrogens is 361 g/mol. The molecule has 1 unspecified atom stereocenters. The molecule has 0 heterocycles. The molecule has 0 saturated carbocycles. The molecule has 0 fully saturated rings. The molecule has 0 aliphatic rings. The number of ether oxygens (including phenoxy) is 1. The zero-order chi connectivity index (χ0) is 14.7. The van der Waals surface area contributed by atoms with E-state index in [9.17, 15) is 0 Å². The van der Waals surface area contributed by atoms with Gasteiger partial charge in [0.05, 0.1) is 17.2 Å². The van der Waals surface area contributed by atoms with Gasteiger partial charge in [-0.15, -0.1) is 0 Å². The predicted octanol–water partition coefficient (Wildman–Crippen LogP) is 5.01. The Morgan fingerprint density at radius 3 is 2.50 bits per heavy atom. The van der Waals surface area contributed by atoms with Crippen LogP contribution in [-0.4, -0.2) is 7.11 Å². The molecule has 0 aromatic heterocycles. The van der Waals surface area contributed by atoms with Crippen LogP contribution in [0.15, 0.2) is 40.9 Å². The van der Waals surface area contributed by atoms with Crippen molar-refractivity contribution in [3.05, 3.63) is 62.0 Å². The molecule has 2 aromatic carbocycles. The van der Waals surface area contributed by atoms with Crippen molar-refractivity contribution in [2.24, 2.45) is 5.73 Å². The van der Waals surface area contributed by atoms with Gasteiger partial charge in [-0.3, -0.25) is 0 Å². The average Bonchev–Trinajstić information content (AvgIpc) is 2.42. The molecule has 1 atom stereocenters. The average molecular weight is 375 g/mol. The van der Waals surface area contributed by atoms with Crippen molar-refractivity contribution in [3.8, 4) is 5.75 Å². The van der Waals surface area contributed by atoms with E-state index >= 15 is 0 Å². The van der Waals surface area contributed by atoms with E-state index in [-0.39, 0.29) is 6.04 Å². The number of rotatable bonds is 4. The molecule has 0 saturated heterocycles. The third-order valence-corrected chi connectivity index (χ3v) is 4.47. The second-order valence-corrected chi connectivity index (χ2v) is 6.12. The standard InChI is InChI=1S/C15H14BrCl2NO/c1-20-10-3-4-11(12(16)8-10)15(19)7-9-2-5-13(17)14(18)6-9/h2-6,8,15H,7,19H2,1H3. The van der Waals surface area contributed by atoms with Gasteiger partial charge in [0.1, 0.15) is 5.75 Å². The minimum Gasteiger partial charge on any atom is -0.497 e. The molecule has 2 rings (SSSR count). The SMILES string of the molecule is COc1ccc(C(N)Cc2ccc(Cl)c(Cl)c2)c(Br)c1. The Morgan fingerprint density at radius 1 is 1.15 bits per heavy atom. The number of methoxy groups -OCH3 is 1. The van der Waals surface area contributed by atoms with Crippen molar-refractivity contribution in [1.82, 2.24) is 0 Å². The van der Waals surface area contributed by atoms with Crippen LogP contribution in [0.5, 0.6) is 5.75 Å². The summed E-state index contributed by atoms with van der Waals surface area (Å²) in [7, 11) is 1.64. The lowest BCUT2D eigenvalue weighted by atomic mass is 9.99. The maximum absolute atomic E-state index is 6.26. The molecule has 2 N–H and O–H groups in total. The number of halogens is 3. The van der Waals surface area contributed by atoms with Crippen LogP contribution in [0, 0.1) is 0 Å². The highest BCUT2D eigenvalue weighted by Crippen LogP contribution is 2.30. The van der Waals surface area contributed by atoms with Crippen molar-refractivity contribution in [1.29, 1.82) is 0 Å². The molecule has 0 aliphatic carbocycles. The lowest BCUT2D eigenvalue weighted by Gasteiger charge is -2.15. The van der Waals surface area contributed by atoms with E-state index in [0.717, 1.165) is 21.3 Å². The van der Waals surface area contributed by atoms with Crippen LogP contribution in [0.1, 0.15) is 17.2 Å². The summed E-state index contributed by atoms with van der Waals surface area (Å²) < 4.78 is 6.11. The van der Waals surface area contributed by atoms with Gasteiger partial charge in [-0.2, -0.15) is 0 Å². The molecule has 0 bridgehead atoms. The van der Waals surface area contributed by atoms with Crippen molar-refractivity contribution < 1.29 is 4.74 Å². The maximum Gasteiger partial charge on any atom is 0.120 e. The summed E-state index contributed by atoms with van der Waals surface area (Å²) >= 11 is 15.4. The van der Waals surface area contributed by atoms with Gasteiger partial charge in [0, 0.05) is 10.5 Å². The summed E-state index contributed by atoms with van der Waals surface area (Å²) in [5, 5.41) is 1.10. The van der Waals surface area contributed by atoms with Crippen LogP contribution in [0.4, 0.5) is 0 Å². The summed E-state index contributed by atoms with van der Waals surface area (Å²) in [6.07, 6.45) is 0.682. The summed E-state index contributed by atoms with van der Waals surface area (Å²) in [5.41, 5.74) is 8.34. The Labute approximate surface area is 137 Å². The van der Waals surface area contributed by atoms with Gasteiger partial charge in [0.2, 0.25) is 0 Å². The topological polar surface area (TPSA) is 35.2 Å². The molecule has 5 heteroatoms. The molecular formula is C15H14BrCl2NO. The van der Waals surface area contributed by atoms with Crippen LogP contribution in [-0.2, 0) is 6.42 Å². The third-order valence-electron chi connectivity index (χ3n) is 3.05. The van der Waals surface area contributed by atoms with Gasteiger partial charge in [0.25, 0.3) is 0 Å². The Bertz CT molecular complexity index is 619. The first-order valence-electron chi connectivity index (χ1n) is 6.04. The van der Waals surface area contributed by atoms with E-state index in [1.54, 1.807) is 13.2 Å². The van der Waals surface area contributed by atoms with Gasteiger partial charge in [-0.1, -0.05) is 51.3 Å². The molecule has 106 valence electrons. The fourth-order valence-corrected chi connectivity index (χ4v) is 2.94. The minimum absolute atomic E-state index is 0.132. The lowest BCUT2D eigenvalue weighted by molar-refractivity contribution is 0.414. The summed E-state index contributed by atoms with van der Waals surface area (Å²) in [4.78, 5) is 0. The highest BCUT2D eigenvalue weighted by molar-refractivity contribution is 9.10. The Hall–Kier alpha value is -0.740. The monoisotopic (exact) mass is 373 g/mol. The first kappa shape index (κ1) is 15.6. The second kappa shape index (κ2) is 6.81. The van der Waals surface area contributed by atoms with Crippen LogP contribution >= 0.6 is 39.1 Å². The van der Waals surface area contributed by atoms with Gasteiger partial charge in [-0.25, -0.2) is 0 Å². The summed E-state index contributed by atoms with van der Waals surface area (Å²) in [6.45, 7) is 0. The summed E-state index contributed by atoms with van der Waals surface area (Å²) in [5.74, 6) is 0.794. The number of hydrogen-bond acceptors (Lipinski definition) is 2. The van der Waals surface area contributed by atoms with Crippen LogP contribution < -0.4 is 10.5 Å².